The molecule has 40 heavy (non-hydrogen) atoms. The first-order valence-electron chi connectivity index (χ1n) is 14.3. The number of hydrogen-bond acceptors (Lipinski definition) is 8. The van der Waals surface area contributed by atoms with Gasteiger partial charge in [-0.15, -0.1) is 0 Å². The van der Waals surface area contributed by atoms with E-state index < -0.39 is 35.5 Å². The van der Waals surface area contributed by atoms with Gasteiger partial charge in [-0.25, -0.2) is 0 Å². The number of ether oxygens (including phenoxy) is 2. The maximum Gasteiger partial charge on any atom is 0.243 e. The lowest BCUT2D eigenvalue weighted by atomic mass is 9.90. The Labute approximate surface area is 235 Å². The molecule has 0 bridgehead atoms. The molecule has 4 rings (SSSR count). The second-order valence-corrected chi connectivity index (χ2v) is 11.4. The van der Waals surface area contributed by atoms with Gasteiger partial charge in [0.25, 0.3) is 0 Å². The van der Waals surface area contributed by atoms with Crippen LogP contribution in [0.25, 0.3) is 0 Å². The SMILES string of the molecule is C[C@H](NC(=O)CN1CCOCC1)C(=O)N[C@@H](Cc1ccc(O)cc1)C(=O)N[C@@H](CC1CCCC1)C(=O)[C@]1(C)CO1. The van der Waals surface area contributed by atoms with Crippen molar-refractivity contribution < 1.29 is 33.8 Å². The van der Waals surface area contributed by atoms with Gasteiger partial charge in [-0.2, -0.15) is 0 Å². The van der Waals surface area contributed by atoms with Crippen LogP contribution in [-0.4, -0.2) is 96.7 Å². The van der Waals surface area contributed by atoms with Crippen molar-refractivity contribution in [1.82, 2.24) is 20.9 Å². The molecule has 220 valence electrons. The molecule has 0 unspecified atom stereocenters. The average Bonchev–Trinajstić information content (AvgIpc) is 3.47. The van der Waals surface area contributed by atoms with Crippen LogP contribution in [0.5, 0.6) is 5.75 Å². The molecule has 1 aliphatic carbocycles. The molecule has 2 saturated heterocycles. The number of rotatable bonds is 13. The topological polar surface area (TPSA) is 150 Å². The Morgan fingerprint density at radius 2 is 1.62 bits per heavy atom. The van der Waals surface area contributed by atoms with E-state index in [0.717, 1.165) is 31.2 Å². The van der Waals surface area contributed by atoms with Crippen LogP contribution in [0.3, 0.4) is 0 Å². The van der Waals surface area contributed by atoms with E-state index in [9.17, 15) is 24.3 Å². The Morgan fingerprint density at radius 1 is 1.00 bits per heavy atom. The number of benzene rings is 1. The highest BCUT2D eigenvalue weighted by molar-refractivity contribution is 5.98. The second-order valence-electron chi connectivity index (χ2n) is 11.4. The van der Waals surface area contributed by atoms with Crippen molar-refractivity contribution in [2.24, 2.45) is 5.92 Å². The van der Waals surface area contributed by atoms with E-state index in [-0.39, 0.29) is 30.4 Å². The lowest BCUT2D eigenvalue weighted by Crippen LogP contribution is -2.57. The quantitative estimate of drug-likeness (QED) is 0.258. The minimum absolute atomic E-state index is 0.0882. The maximum absolute atomic E-state index is 13.6. The summed E-state index contributed by atoms with van der Waals surface area (Å²) in [7, 11) is 0. The molecule has 1 saturated carbocycles. The van der Waals surface area contributed by atoms with Crippen LogP contribution in [0.2, 0.25) is 0 Å². The van der Waals surface area contributed by atoms with Crippen molar-refractivity contribution in [2.45, 2.75) is 76.1 Å². The number of epoxide rings is 1. The molecule has 4 N–H and O–H groups in total. The molecule has 0 aromatic heterocycles. The first kappa shape index (κ1) is 30.0. The minimum Gasteiger partial charge on any atom is -0.508 e. The smallest absolute Gasteiger partial charge is 0.243 e. The molecule has 3 amide bonds. The number of amides is 3. The summed E-state index contributed by atoms with van der Waals surface area (Å²) in [5, 5.41) is 18.1. The molecule has 11 nitrogen and oxygen atoms in total. The van der Waals surface area contributed by atoms with Gasteiger partial charge in [-0.1, -0.05) is 37.8 Å². The Hall–Kier alpha value is -3.02. The third kappa shape index (κ3) is 8.49. The van der Waals surface area contributed by atoms with Crippen molar-refractivity contribution >= 4 is 23.5 Å². The summed E-state index contributed by atoms with van der Waals surface area (Å²) in [5.41, 5.74) is -0.163. The summed E-state index contributed by atoms with van der Waals surface area (Å²) in [6.45, 7) is 6.21. The minimum atomic E-state index is -0.998. The van der Waals surface area contributed by atoms with Crippen molar-refractivity contribution in [1.29, 1.82) is 0 Å². The van der Waals surface area contributed by atoms with Gasteiger partial charge in [0.2, 0.25) is 17.7 Å². The van der Waals surface area contributed by atoms with E-state index in [1.807, 2.05) is 4.90 Å². The van der Waals surface area contributed by atoms with Gasteiger partial charge in [-0.3, -0.25) is 24.1 Å². The molecule has 3 fully saturated rings. The van der Waals surface area contributed by atoms with Gasteiger partial charge < -0.3 is 30.5 Å². The van der Waals surface area contributed by atoms with E-state index in [1.54, 1.807) is 26.0 Å². The molecule has 11 heteroatoms. The number of phenols is 1. The van der Waals surface area contributed by atoms with Crippen molar-refractivity contribution in [3.63, 3.8) is 0 Å². The van der Waals surface area contributed by atoms with E-state index in [1.165, 1.54) is 12.1 Å². The molecular formula is C29H42N4O7. The van der Waals surface area contributed by atoms with Gasteiger partial charge in [0.05, 0.1) is 32.4 Å². The first-order chi connectivity index (χ1) is 19.1. The van der Waals surface area contributed by atoms with Gasteiger partial charge in [0, 0.05) is 19.5 Å². The molecule has 2 aliphatic heterocycles. The van der Waals surface area contributed by atoms with Crippen LogP contribution < -0.4 is 16.0 Å². The number of carbonyl (C=O) groups excluding carboxylic acids is 4. The summed E-state index contributed by atoms with van der Waals surface area (Å²) in [4.78, 5) is 54.5. The lowest BCUT2D eigenvalue weighted by Gasteiger charge is -2.27. The van der Waals surface area contributed by atoms with Crippen molar-refractivity contribution in [2.75, 3.05) is 39.5 Å². The van der Waals surface area contributed by atoms with Gasteiger partial charge >= 0.3 is 0 Å². The van der Waals surface area contributed by atoms with E-state index >= 15 is 0 Å². The van der Waals surface area contributed by atoms with Crippen LogP contribution >= 0.6 is 0 Å². The summed E-state index contributed by atoms with van der Waals surface area (Å²) in [6, 6.07) is 3.79. The molecule has 4 atom stereocenters. The van der Waals surface area contributed by atoms with E-state index in [4.69, 9.17) is 9.47 Å². The van der Waals surface area contributed by atoms with Crippen LogP contribution in [0.1, 0.15) is 51.5 Å². The zero-order valence-corrected chi connectivity index (χ0v) is 23.4. The predicted octanol–water partition coefficient (Wildman–Crippen LogP) is 0.680. The van der Waals surface area contributed by atoms with E-state index in [2.05, 4.69) is 16.0 Å². The third-order valence-electron chi connectivity index (χ3n) is 8.03. The number of nitrogens with one attached hydrogen (secondary N) is 3. The number of Topliss-reactive ketones (excluding diaryl/α,β-unsaturated/α-hetero) is 1. The van der Waals surface area contributed by atoms with Gasteiger partial charge in [0.1, 0.15) is 23.4 Å². The Bertz CT molecular complexity index is 1050. The zero-order chi connectivity index (χ0) is 28.7. The number of hydrogen-bond donors (Lipinski definition) is 4. The second kappa shape index (κ2) is 13.6. The molecule has 2 heterocycles. The van der Waals surface area contributed by atoms with Gasteiger partial charge in [-0.05, 0) is 43.9 Å². The predicted molar refractivity (Wildman–Crippen MR) is 146 cm³/mol. The number of nitrogens with zero attached hydrogens (tertiary/aromatic N) is 1. The largest absolute Gasteiger partial charge is 0.508 e. The van der Waals surface area contributed by atoms with Crippen LogP contribution in [0.15, 0.2) is 24.3 Å². The fraction of sp³-hybridized carbons (Fsp3) is 0.655. The van der Waals surface area contributed by atoms with Crippen LogP contribution in [0.4, 0.5) is 0 Å². The van der Waals surface area contributed by atoms with Gasteiger partial charge in [0.15, 0.2) is 5.78 Å². The first-order valence-corrected chi connectivity index (χ1v) is 14.3. The van der Waals surface area contributed by atoms with Crippen LogP contribution in [-0.2, 0) is 35.1 Å². The highest BCUT2D eigenvalue weighted by atomic mass is 16.6. The monoisotopic (exact) mass is 558 g/mol. The summed E-state index contributed by atoms with van der Waals surface area (Å²) in [5.74, 6) is -0.983. The standard InChI is InChI=1S/C29H42N4O7/c1-19(30-25(35)17-33-11-13-39-14-12-33)27(37)32-24(16-21-7-9-22(34)10-8-21)28(38)31-23(15-20-5-3-4-6-20)26(36)29(2)18-40-29/h7-10,19-20,23-24,34H,3-6,11-18H2,1-2H3,(H,30,35)(H,31,38)(H,32,37)/t19-,23-,24-,29-/m0/s1. The number of phenolic OH excluding ortho intramolecular Hbond substituents is 1. The number of aromatic hydroxyl groups is 1. The molecule has 1 aromatic rings. The molecule has 0 spiro atoms. The fourth-order valence-corrected chi connectivity index (χ4v) is 5.39. The number of morpholine rings is 1. The Balaban J connectivity index is 1.42. The Kier molecular flexibility index (Phi) is 10.2. The molecular weight excluding hydrogens is 516 g/mol. The molecule has 0 radical (unpaired) electrons. The third-order valence-corrected chi connectivity index (χ3v) is 8.03. The highest BCUT2D eigenvalue weighted by Crippen LogP contribution is 2.33. The summed E-state index contributed by atoms with van der Waals surface area (Å²) >= 11 is 0. The van der Waals surface area contributed by atoms with Crippen molar-refractivity contribution in [3.8, 4) is 5.75 Å². The van der Waals surface area contributed by atoms with Crippen molar-refractivity contribution in [3.05, 3.63) is 29.8 Å². The molecule has 1 aromatic carbocycles. The normalized spacial score (nSPS) is 23.6. The summed E-state index contributed by atoms with van der Waals surface area (Å²) < 4.78 is 10.7. The summed E-state index contributed by atoms with van der Waals surface area (Å²) in [6.07, 6.45) is 4.95. The Morgan fingerprint density at radius 3 is 2.25 bits per heavy atom. The molecule has 3 aliphatic rings. The fourth-order valence-electron chi connectivity index (χ4n) is 5.39. The highest BCUT2D eigenvalue weighted by Gasteiger charge is 2.50. The zero-order valence-electron chi connectivity index (χ0n) is 23.4. The maximum atomic E-state index is 13.6. The van der Waals surface area contributed by atoms with E-state index in [0.29, 0.717) is 45.2 Å². The number of ketones is 1. The average molecular weight is 559 g/mol. The number of carbonyl (C=O) groups is 4. The van der Waals surface area contributed by atoms with Crippen LogP contribution in [0, 0.1) is 5.92 Å². The lowest BCUT2D eigenvalue weighted by molar-refractivity contribution is -0.134.